The largest absolute Gasteiger partial charge is 0.375 e. The van der Waals surface area contributed by atoms with Crippen LogP contribution in [0.2, 0.25) is 0 Å². The summed E-state index contributed by atoms with van der Waals surface area (Å²) in [6.45, 7) is 8.37. The molecule has 0 spiro atoms. The van der Waals surface area contributed by atoms with Gasteiger partial charge in [0.05, 0.1) is 5.60 Å². The Kier molecular flexibility index (Phi) is 5.57. The van der Waals surface area contributed by atoms with Crippen LogP contribution in [0.25, 0.3) is 0 Å². The molecule has 0 aromatic carbocycles. The van der Waals surface area contributed by atoms with Crippen molar-refractivity contribution >= 4 is 11.6 Å². The van der Waals surface area contributed by atoms with Crippen molar-refractivity contribution in [3.63, 3.8) is 0 Å². The molecule has 4 aliphatic rings. The first-order valence-electron chi connectivity index (χ1n) is 11.9. The Morgan fingerprint density at radius 2 is 1.77 bits per heavy atom. The summed E-state index contributed by atoms with van der Waals surface area (Å²) in [5.41, 5.74) is 0.00457. The molecular weight excluding hydrogens is 400 g/mol. The summed E-state index contributed by atoms with van der Waals surface area (Å²) in [6.07, 6.45) is 4.42. The van der Waals surface area contributed by atoms with Crippen LogP contribution in [0.4, 0.5) is 20.4 Å². The van der Waals surface area contributed by atoms with E-state index in [1.165, 1.54) is 25.9 Å². The Balaban J connectivity index is 1.11. The highest BCUT2D eigenvalue weighted by Gasteiger charge is 2.44. The molecule has 1 aliphatic carbocycles. The van der Waals surface area contributed by atoms with Gasteiger partial charge in [-0.1, -0.05) is 0 Å². The average Bonchev–Trinajstić information content (AvgIpc) is 3.27. The SMILES string of the molecule is CC1(C)CC(N2C[C@H]3CC(Nc4ccc(N5CCC(F)(F)CC5)nn4)C[C@H]3C2)CCO1. The summed E-state index contributed by atoms with van der Waals surface area (Å²) in [5, 5.41) is 12.2. The standard InChI is InChI=1S/C23H35F2N5O/c1-22(2)13-19(5-10-31-22)30-14-16-11-18(12-17(16)15-30)26-20-3-4-21(28-27-20)29-8-6-23(24,25)7-9-29/h3-4,16-19H,5-15H2,1-2H3,(H,26,27)/t16-,17+,18?,19?. The first kappa shape index (κ1) is 21.3. The molecule has 1 aromatic rings. The van der Waals surface area contributed by atoms with Crippen molar-refractivity contribution in [1.82, 2.24) is 15.1 Å². The van der Waals surface area contributed by atoms with Gasteiger partial charge in [-0.25, -0.2) is 8.78 Å². The van der Waals surface area contributed by atoms with Crippen LogP contribution < -0.4 is 10.2 Å². The second-order valence-corrected chi connectivity index (χ2v) is 10.7. The van der Waals surface area contributed by atoms with E-state index in [0.717, 1.165) is 37.1 Å². The first-order valence-corrected chi connectivity index (χ1v) is 11.9. The normalized spacial score (nSPS) is 35.2. The van der Waals surface area contributed by atoms with Gasteiger partial charge in [-0.05, 0) is 63.5 Å². The van der Waals surface area contributed by atoms with Crippen LogP contribution in [0.1, 0.15) is 52.4 Å². The Hall–Kier alpha value is -1.54. The number of aromatic nitrogens is 2. The van der Waals surface area contributed by atoms with E-state index in [9.17, 15) is 8.78 Å². The molecule has 1 N–H and O–H groups in total. The van der Waals surface area contributed by atoms with Crippen molar-refractivity contribution < 1.29 is 13.5 Å². The van der Waals surface area contributed by atoms with Gasteiger partial charge in [0.1, 0.15) is 5.82 Å². The first-order chi connectivity index (χ1) is 14.8. The summed E-state index contributed by atoms with van der Waals surface area (Å²) >= 11 is 0. The Bertz CT molecular complexity index is 750. The Morgan fingerprint density at radius 1 is 1.06 bits per heavy atom. The molecule has 2 unspecified atom stereocenters. The maximum Gasteiger partial charge on any atom is 0.251 e. The van der Waals surface area contributed by atoms with Crippen LogP contribution >= 0.6 is 0 Å². The van der Waals surface area contributed by atoms with E-state index in [4.69, 9.17) is 4.74 Å². The molecule has 6 nitrogen and oxygen atoms in total. The van der Waals surface area contributed by atoms with Crippen LogP contribution in [-0.4, -0.2) is 71.5 Å². The quantitative estimate of drug-likeness (QED) is 0.777. The highest BCUT2D eigenvalue weighted by atomic mass is 19.3. The molecule has 3 saturated heterocycles. The molecule has 8 heteroatoms. The fraction of sp³-hybridized carbons (Fsp3) is 0.826. The van der Waals surface area contributed by atoms with Gasteiger partial charge in [-0.15, -0.1) is 10.2 Å². The lowest BCUT2D eigenvalue weighted by atomic mass is 9.93. The topological polar surface area (TPSA) is 53.5 Å². The molecule has 0 amide bonds. The van der Waals surface area contributed by atoms with Crippen molar-refractivity contribution in [3.05, 3.63) is 12.1 Å². The summed E-state index contributed by atoms with van der Waals surface area (Å²) < 4.78 is 32.6. The van der Waals surface area contributed by atoms with Crippen molar-refractivity contribution in [3.8, 4) is 0 Å². The third kappa shape index (κ3) is 4.80. The van der Waals surface area contributed by atoms with E-state index in [1.807, 2.05) is 17.0 Å². The van der Waals surface area contributed by atoms with E-state index >= 15 is 0 Å². The molecular formula is C23H35F2N5O. The van der Waals surface area contributed by atoms with E-state index in [2.05, 4.69) is 34.3 Å². The summed E-state index contributed by atoms with van der Waals surface area (Å²) in [5.74, 6) is 0.456. The lowest BCUT2D eigenvalue weighted by Gasteiger charge is -2.40. The fourth-order valence-corrected chi connectivity index (χ4v) is 6.11. The number of anilines is 2. The zero-order valence-electron chi connectivity index (χ0n) is 18.7. The van der Waals surface area contributed by atoms with Crippen molar-refractivity contribution in [2.75, 3.05) is 43.0 Å². The number of nitrogens with zero attached hydrogens (tertiary/aromatic N) is 4. The van der Waals surface area contributed by atoms with Crippen LogP contribution in [-0.2, 0) is 4.74 Å². The molecule has 1 saturated carbocycles. The number of halogens is 2. The summed E-state index contributed by atoms with van der Waals surface area (Å²) in [6, 6.07) is 4.95. The smallest absolute Gasteiger partial charge is 0.251 e. The highest BCUT2D eigenvalue weighted by molar-refractivity contribution is 5.44. The molecule has 1 aromatic heterocycles. The van der Waals surface area contributed by atoms with Gasteiger partial charge < -0.3 is 15.0 Å². The number of rotatable bonds is 4. The predicted octanol–water partition coefficient (Wildman–Crippen LogP) is 3.79. The predicted molar refractivity (Wildman–Crippen MR) is 117 cm³/mol. The molecule has 0 bridgehead atoms. The molecule has 4 fully saturated rings. The van der Waals surface area contributed by atoms with Gasteiger partial charge in [-0.3, -0.25) is 4.90 Å². The van der Waals surface area contributed by atoms with Crippen molar-refractivity contribution in [2.24, 2.45) is 11.8 Å². The second-order valence-electron chi connectivity index (χ2n) is 10.7. The minimum absolute atomic E-state index is 0.00457. The molecule has 5 rings (SSSR count). The number of likely N-dealkylation sites (tertiary alicyclic amines) is 1. The number of fused-ring (bicyclic) bond motifs is 1. The number of nitrogens with one attached hydrogen (secondary N) is 1. The summed E-state index contributed by atoms with van der Waals surface area (Å²) in [7, 11) is 0. The number of alkyl halides is 2. The zero-order valence-corrected chi connectivity index (χ0v) is 18.7. The van der Waals surface area contributed by atoms with Crippen LogP contribution in [0.5, 0.6) is 0 Å². The number of ether oxygens (including phenoxy) is 1. The van der Waals surface area contributed by atoms with Crippen LogP contribution in [0.15, 0.2) is 12.1 Å². The molecule has 0 radical (unpaired) electrons. The van der Waals surface area contributed by atoms with E-state index < -0.39 is 5.92 Å². The minimum atomic E-state index is -2.54. The fourth-order valence-electron chi connectivity index (χ4n) is 6.11. The monoisotopic (exact) mass is 435 g/mol. The van der Waals surface area contributed by atoms with E-state index in [0.29, 0.717) is 31.0 Å². The number of piperidine rings is 1. The maximum atomic E-state index is 13.4. The van der Waals surface area contributed by atoms with Crippen LogP contribution in [0, 0.1) is 11.8 Å². The second kappa shape index (κ2) is 8.10. The molecule has 172 valence electrons. The maximum absolute atomic E-state index is 13.4. The van der Waals surface area contributed by atoms with E-state index in [1.54, 1.807) is 0 Å². The van der Waals surface area contributed by atoms with Gasteiger partial charge in [0, 0.05) is 57.7 Å². The van der Waals surface area contributed by atoms with Crippen molar-refractivity contribution in [2.45, 2.75) is 76.0 Å². The van der Waals surface area contributed by atoms with Crippen LogP contribution in [0.3, 0.4) is 0 Å². The molecule has 3 aliphatic heterocycles. The number of hydrogen-bond acceptors (Lipinski definition) is 6. The van der Waals surface area contributed by atoms with Gasteiger partial charge in [-0.2, -0.15) is 0 Å². The van der Waals surface area contributed by atoms with Gasteiger partial charge in [0.15, 0.2) is 5.82 Å². The third-order valence-corrected chi connectivity index (χ3v) is 7.79. The van der Waals surface area contributed by atoms with Gasteiger partial charge >= 0.3 is 0 Å². The van der Waals surface area contributed by atoms with Gasteiger partial charge in [0.25, 0.3) is 5.92 Å². The minimum Gasteiger partial charge on any atom is -0.375 e. The van der Waals surface area contributed by atoms with Gasteiger partial charge in [0.2, 0.25) is 0 Å². The Morgan fingerprint density at radius 3 is 2.39 bits per heavy atom. The van der Waals surface area contributed by atoms with E-state index in [-0.39, 0.29) is 18.4 Å². The third-order valence-electron chi connectivity index (χ3n) is 7.79. The lowest BCUT2D eigenvalue weighted by Crippen LogP contribution is -2.45. The number of hydrogen-bond donors (Lipinski definition) is 1. The summed E-state index contributed by atoms with van der Waals surface area (Å²) in [4.78, 5) is 4.62. The molecule has 4 heterocycles. The van der Waals surface area contributed by atoms with Crippen molar-refractivity contribution in [1.29, 1.82) is 0 Å². The highest BCUT2D eigenvalue weighted by Crippen LogP contribution is 2.42. The lowest BCUT2D eigenvalue weighted by molar-refractivity contribution is -0.0811. The average molecular weight is 436 g/mol. The Labute approximate surface area is 183 Å². The molecule has 31 heavy (non-hydrogen) atoms. The molecule has 4 atom stereocenters. The zero-order chi connectivity index (χ0) is 21.6.